The fourth-order valence-electron chi connectivity index (χ4n) is 1.10. The van der Waals surface area contributed by atoms with Crippen LogP contribution in [0.2, 0.25) is 0 Å². The molecule has 0 aromatic carbocycles. The van der Waals surface area contributed by atoms with Gasteiger partial charge in [0.1, 0.15) is 0 Å². The molecule has 0 aromatic rings. The quantitative estimate of drug-likeness (QED) is 0.450. The number of hydrogen-bond donors (Lipinski definition) is 0. The molecule has 0 fully saturated rings. The molecule has 0 saturated heterocycles. The third-order valence-corrected chi connectivity index (χ3v) is 5.28. The van der Waals surface area contributed by atoms with Crippen LogP contribution in [0.25, 0.3) is 0 Å². The Morgan fingerprint density at radius 3 is 1.85 bits per heavy atom. The second-order valence-corrected chi connectivity index (χ2v) is 5.93. The highest BCUT2D eigenvalue weighted by molar-refractivity contribution is 6.62. The molecule has 13 heavy (non-hydrogen) atoms. The largest absolute Gasteiger partial charge is 0.523 e. The lowest BCUT2D eigenvalue weighted by molar-refractivity contribution is -0.118. The van der Waals surface area contributed by atoms with Crippen LogP contribution >= 0.6 is 0 Å². The predicted molar refractivity (Wildman–Crippen MR) is 50.1 cm³/mol. The zero-order valence-corrected chi connectivity index (χ0v) is 9.73. The average molecular weight is 207 g/mol. The molecule has 0 aromatic heterocycles. The van der Waals surface area contributed by atoms with Crippen LogP contribution in [-0.4, -0.2) is 54.2 Å². The van der Waals surface area contributed by atoms with Gasteiger partial charge in [0, 0.05) is 28.4 Å². The van der Waals surface area contributed by atoms with Crippen molar-refractivity contribution in [1.29, 1.82) is 0 Å². The van der Waals surface area contributed by atoms with Gasteiger partial charge in [-0.15, -0.1) is 0 Å². The van der Waals surface area contributed by atoms with E-state index < -0.39 is 8.80 Å². The second-order valence-electron chi connectivity index (χ2n) is 2.66. The summed E-state index contributed by atoms with van der Waals surface area (Å²) in [5.74, 6) is 0. The highest BCUT2D eigenvalue weighted by Crippen LogP contribution is 2.14. The lowest BCUT2D eigenvalue weighted by atomic mass is 10.7. The molecule has 0 radical (unpaired) electrons. The number of amides is 1. The Balaban J connectivity index is 4.61. The minimum Gasteiger partial charge on any atom is -0.376 e. The second kappa shape index (κ2) is 5.33. The molecule has 1 unspecified atom stereocenters. The highest BCUT2D eigenvalue weighted by atomic mass is 28.4. The van der Waals surface area contributed by atoms with E-state index in [0.717, 1.165) is 6.41 Å². The van der Waals surface area contributed by atoms with Crippen molar-refractivity contribution in [2.24, 2.45) is 0 Å². The molecule has 0 saturated carbocycles. The maximum absolute atomic E-state index is 10.5. The molecule has 0 aliphatic rings. The van der Waals surface area contributed by atoms with Crippen LogP contribution in [0, 0.1) is 0 Å². The van der Waals surface area contributed by atoms with Crippen LogP contribution in [0.4, 0.5) is 0 Å². The van der Waals surface area contributed by atoms with Gasteiger partial charge in [0.25, 0.3) is 0 Å². The molecule has 0 heterocycles. The normalized spacial score (nSPS) is 13.9. The zero-order valence-electron chi connectivity index (χ0n) is 8.73. The minimum atomic E-state index is -2.71. The van der Waals surface area contributed by atoms with Crippen molar-refractivity contribution in [3.05, 3.63) is 0 Å². The molecule has 6 heteroatoms. The van der Waals surface area contributed by atoms with E-state index in [1.165, 1.54) is 26.2 Å². The van der Waals surface area contributed by atoms with E-state index in [1.54, 1.807) is 7.05 Å². The molecule has 0 aliphatic carbocycles. The summed E-state index contributed by atoms with van der Waals surface area (Å²) in [6.07, 6.45) is 0.726. The van der Waals surface area contributed by atoms with Crippen LogP contribution in [0.5, 0.6) is 0 Å². The van der Waals surface area contributed by atoms with E-state index in [9.17, 15) is 4.79 Å². The molecule has 0 N–H and O–H groups in total. The van der Waals surface area contributed by atoms with E-state index in [2.05, 4.69) is 0 Å². The third kappa shape index (κ3) is 2.50. The van der Waals surface area contributed by atoms with Crippen LogP contribution in [0.3, 0.4) is 0 Å². The van der Waals surface area contributed by atoms with E-state index >= 15 is 0 Å². The minimum absolute atomic E-state index is 0.190. The number of hydrogen-bond acceptors (Lipinski definition) is 4. The maximum atomic E-state index is 10.5. The summed E-state index contributed by atoms with van der Waals surface area (Å²) in [7, 11) is 3.52. The summed E-state index contributed by atoms with van der Waals surface area (Å²) in [4.78, 5) is 12.0. The Hall–Kier alpha value is -0.433. The molecule has 1 atom stereocenters. The van der Waals surface area contributed by atoms with Gasteiger partial charge < -0.3 is 18.2 Å². The van der Waals surface area contributed by atoms with Crippen molar-refractivity contribution in [2.45, 2.75) is 12.6 Å². The van der Waals surface area contributed by atoms with E-state index in [4.69, 9.17) is 13.3 Å². The molecule has 5 nitrogen and oxygen atoms in total. The molecule has 0 aliphatic heterocycles. The molecular weight excluding hydrogens is 190 g/mol. The molecule has 1 amide bonds. The van der Waals surface area contributed by atoms with Gasteiger partial charge in [-0.1, -0.05) is 0 Å². The zero-order chi connectivity index (χ0) is 10.5. The average Bonchev–Trinajstić information content (AvgIpc) is 2.20. The fraction of sp³-hybridized carbons (Fsp3) is 0.857. The van der Waals surface area contributed by atoms with Crippen molar-refractivity contribution in [1.82, 2.24) is 4.90 Å². The highest BCUT2D eigenvalue weighted by Gasteiger charge is 2.46. The molecule has 0 spiro atoms. The Morgan fingerprint density at radius 1 is 1.23 bits per heavy atom. The lowest BCUT2D eigenvalue weighted by Gasteiger charge is -2.33. The van der Waals surface area contributed by atoms with Gasteiger partial charge in [0.15, 0.2) is 0 Å². The van der Waals surface area contributed by atoms with E-state index in [0.29, 0.717) is 0 Å². The van der Waals surface area contributed by atoms with Gasteiger partial charge in [-0.2, -0.15) is 0 Å². The van der Waals surface area contributed by atoms with Crippen molar-refractivity contribution in [3.8, 4) is 0 Å². The molecular formula is C7H17NO4Si. The predicted octanol–water partition coefficient (Wildman–Crippen LogP) is -0.120. The first-order chi connectivity index (χ1) is 6.07. The van der Waals surface area contributed by atoms with Gasteiger partial charge >= 0.3 is 8.80 Å². The van der Waals surface area contributed by atoms with Crippen LogP contribution in [0.1, 0.15) is 6.92 Å². The topological polar surface area (TPSA) is 48.0 Å². The molecule has 78 valence electrons. The summed E-state index contributed by atoms with van der Waals surface area (Å²) >= 11 is 0. The van der Waals surface area contributed by atoms with Gasteiger partial charge in [-0.3, -0.25) is 4.79 Å². The first-order valence-electron chi connectivity index (χ1n) is 3.90. The number of carbonyl (C=O) groups excluding carboxylic acids is 1. The van der Waals surface area contributed by atoms with Crippen LogP contribution in [-0.2, 0) is 18.1 Å². The summed E-state index contributed by atoms with van der Waals surface area (Å²) in [6, 6.07) is 0. The summed E-state index contributed by atoms with van der Waals surface area (Å²) in [5, 5.41) is 0. The van der Waals surface area contributed by atoms with Gasteiger partial charge in [-0.25, -0.2) is 0 Å². The maximum Gasteiger partial charge on any atom is 0.523 e. The van der Waals surface area contributed by atoms with Crippen molar-refractivity contribution < 1.29 is 18.1 Å². The fourth-order valence-corrected chi connectivity index (χ4v) is 3.19. The summed E-state index contributed by atoms with van der Waals surface area (Å²) in [5.41, 5.74) is -0.190. The summed E-state index contributed by atoms with van der Waals surface area (Å²) < 4.78 is 15.6. The third-order valence-electron chi connectivity index (χ3n) is 2.14. The summed E-state index contributed by atoms with van der Waals surface area (Å²) in [6.45, 7) is 1.83. The van der Waals surface area contributed by atoms with Crippen molar-refractivity contribution in [3.63, 3.8) is 0 Å². The SMILES string of the molecule is CO[Si](OC)(OC)C(C)N(C)C=O. The van der Waals surface area contributed by atoms with Gasteiger partial charge in [0.2, 0.25) is 6.41 Å². The first kappa shape index (κ1) is 12.6. The number of carbonyl (C=O) groups is 1. The standard InChI is InChI=1S/C7H17NO4Si/c1-7(8(2)6-9)13(10-3,11-4)12-5/h6-7H,1-5H3. The van der Waals surface area contributed by atoms with Crippen LogP contribution < -0.4 is 0 Å². The van der Waals surface area contributed by atoms with Gasteiger partial charge in [-0.05, 0) is 6.92 Å². The monoisotopic (exact) mass is 207 g/mol. The van der Waals surface area contributed by atoms with Crippen LogP contribution in [0.15, 0.2) is 0 Å². The first-order valence-corrected chi connectivity index (χ1v) is 5.70. The van der Waals surface area contributed by atoms with E-state index in [1.807, 2.05) is 6.92 Å². The Morgan fingerprint density at radius 2 is 1.62 bits per heavy atom. The molecule has 0 bridgehead atoms. The van der Waals surface area contributed by atoms with Crippen molar-refractivity contribution in [2.75, 3.05) is 28.4 Å². The van der Waals surface area contributed by atoms with Gasteiger partial charge in [0.05, 0.1) is 5.67 Å². The Kier molecular flexibility index (Phi) is 5.15. The number of rotatable bonds is 6. The Labute approximate surface area is 79.9 Å². The lowest BCUT2D eigenvalue weighted by Crippen LogP contribution is -2.59. The molecule has 0 rings (SSSR count). The van der Waals surface area contributed by atoms with E-state index in [-0.39, 0.29) is 5.67 Å². The smallest absolute Gasteiger partial charge is 0.376 e. The Bertz CT molecular complexity index is 154. The van der Waals surface area contributed by atoms with Crippen molar-refractivity contribution >= 4 is 15.2 Å². The number of nitrogens with zero attached hydrogens (tertiary/aromatic N) is 1.